The normalized spacial score (nSPS) is 26.0. The fourth-order valence-electron chi connectivity index (χ4n) is 4.17. The highest BCUT2D eigenvalue weighted by Gasteiger charge is 2.60. The Labute approximate surface area is 130 Å². The lowest BCUT2D eigenvalue weighted by molar-refractivity contribution is -0.201. The molecule has 2 unspecified atom stereocenters. The van der Waals surface area contributed by atoms with Gasteiger partial charge in [0.15, 0.2) is 0 Å². The first-order chi connectivity index (χ1) is 10.5. The van der Waals surface area contributed by atoms with Crippen molar-refractivity contribution in [2.75, 3.05) is 13.7 Å². The average molecular weight is 308 g/mol. The molecule has 2 fully saturated rings. The Balaban J connectivity index is 1.71. The van der Waals surface area contributed by atoms with Crippen molar-refractivity contribution in [3.05, 3.63) is 17.0 Å². The van der Waals surface area contributed by atoms with Crippen molar-refractivity contribution < 1.29 is 19.2 Å². The molecule has 0 aliphatic heterocycles. The molecule has 2 saturated carbocycles. The van der Waals surface area contributed by atoms with Gasteiger partial charge >= 0.3 is 5.97 Å². The molecule has 0 saturated heterocycles. The van der Waals surface area contributed by atoms with Crippen LogP contribution in [0.5, 0.6) is 0 Å². The molecule has 0 amide bonds. The second kappa shape index (κ2) is 5.66. The molecule has 1 aromatic heterocycles. The van der Waals surface area contributed by atoms with Gasteiger partial charge in [-0.2, -0.15) is 0 Å². The summed E-state index contributed by atoms with van der Waals surface area (Å²) in [6.07, 6.45) is 5.05. The highest BCUT2D eigenvalue weighted by molar-refractivity contribution is 5.89. The van der Waals surface area contributed by atoms with Crippen LogP contribution >= 0.6 is 0 Å². The van der Waals surface area contributed by atoms with E-state index in [0.717, 1.165) is 13.0 Å². The number of hydrogen-bond acceptors (Lipinski definition) is 5. The Morgan fingerprint density at radius 3 is 2.82 bits per heavy atom. The van der Waals surface area contributed by atoms with Gasteiger partial charge in [0.2, 0.25) is 0 Å². The van der Waals surface area contributed by atoms with E-state index in [9.17, 15) is 9.90 Å². The van der Waals surface area contributed by atoms with Gasteiger partial charge in [-0.05, 0) is 40.2 Å². The lowest BCUT2D eigenvalue weighted by Crippen LogP contribution is -2.66. The number of aromatic carboxylic acids is 1. The fraction of sp³-hybridized carbons (Fsp3) is 0.750. The highest BCUT2D eigenvalue weighted by Crippen LogP contribution is 2.59. The van der Waals surface area contributed by atoms with Crippen molar-refractivity contribution in [3.63, 3.8) is 0 Å². The molecule has 1 heterocycles. The molecular weight excluding hydrogens is 284 g/mol. The van der Waals surface area contributed by atoms with Crippen LogP contribution in [0.1, 0.15) is 54.4 Å². The molecule has 0 bridgehead atoms. The number of aryl methyl sites for hydroxylation is 1. The Bertz CT molecular complexity index is 564. The second-order valence-electron chi connectivity index (χ2n) is 6.56. The molecule has 122 valence electrons. The van der Waals surface area contributed by atoms with Gasteiger partial charge in [-0.15, -0.1) is 0 Å². The quantitative estimate of drug-likeness (QED) is 0.870. The maximum absolute atomic E-state index is 11.3. The third kappa shape index (κ3) is 2.25. The smallest absolute Gasteiger partial charge is 0.341 e. The molecule has 22 heavy (non-hydrogen) atoms. The number of hydrogen-bond donors (Lipinski definition) is 1. The SMILES string of the molecule is CCOC1CC(N(C)Cc2noc(C)c2C(=O)O)C12CCC2. The lowest BCUT2D eigenvalue weighted by atomic mass is 9.50. The molecule has 6 nitrogen and oxygen atoms in total. The minimum atomic E-state index is -0.971. The molecule has 0 aromatic carbocycles. The fourth-order valence-corrected chi connectivity index (χ4v) is 4.17. The summed E-state index contributed by atoms with van der Waals surface area (Å²) >= 11 is 0. The van der Waals surface area contributed by atoms with Crippen LogP contribution in [0, 0.1) is 12.3 Å². The maximum atomic E-state index is 11.3. The van der Waals surface area contributed by atoms with Crippen LogP contribution in [0.25, 0.3) is 0 Å². The van der Waals surface area contributed by atoms with Crippen LogP contribution in [-0.4, -0.2) is 46.9 Å². The summed E-state index contributed by atoms with van der Waals surface area (Å²) in [5.41, 5.74) is 0.990. The van der Waals surface area contributed by atoms with Gasteiger partial charge < -0.3 is 14.4 Å². The third-order valence-electron chi connectivity index (χ3n) is 5.47. The second-order valence-corrected chi connectivity index (χ2v) is 6.56. The van der Waals surface area contributed by atoms with Gasteiger partial charge in [-0.3, -0.25) is 4.90 Å². The van der Waals surface area contributed by atoms with Crippen molar-refractivity contribution in [3.8, 4) is 0 Å². The maximum Gasteiger partial charge on any atom is 0.341 e. The van der Waals surface area contributed by atoms with Gasteiger partial charge in [-0.25, -0.2) is 4.79 Å². The van der Waals surface area contributed by atoms with Crippen molar-refractivity contribution in [2.45, 2.75) is 58.2 Å². The lowest BCUT2D eigenvalue weighted by Gasteiger charge is -2.63. The number of ether oxygens (including phenoxy) is 1. The van der Waals surface area contributed by atoms with Gasteiger partial charge in [0, 0.05) is 24.6 Å². The van der Waals surface area contributed by atoms with Crippen LogP contribution in [0.4, 0.5) is 0 Å². The van der Waals surface area contributed by atoms with Crippen molar-refractivity contribution in [1.29, 1.82) is 0 Å². The Morgan fingerprint density at radius 1 is 1.55 bits per heavy atom. The molecule has 2 aliphatic rings. The van der Waals surface area contributed by atoms with Crippen LogP contribution in [0.15, 0.2) is 4.52 Å². The van der Waals surface area contributed by atoms with E-state index in [1.165, 1.54) is 19.3 Å². The van der Waals surface area contributed by atoms with Crippen molar-refractivity contribution in [1.82, 2.24) is 10.1 Å². The molecule has 3 rings (SSSR count). The molecule has 6 heteroatoms. The summed E-state index contributed by atoms with van der Waals surface area (Å²) in [4.78, 5) is 13.6. The molecule has 0 radical (unpaired) electrons. The minimum Gasteiger partial charge on any atom is -0.477 e. The molecular formula is C16H24N2O4. The standard InChI is InChI=1S/C16H24N2O4/c1-4-21-13-8-12(16(13)6-5-7-16)18(3)9-11-14(15(19)20)10(2)22-17-11/h12-13H,4-9H2,1-3H3,(H,19,20). The zero-order chi connectivity index (χ0) is 15.9. The van der Waals surface area contributed by atoms with Crippen LogP contribution in [-0.2, 0) is 11.3 Å². The largest absolute Gasteiger partial charge is 0.477 e. The predicted octanol–water partition coefficient (Wildman–Crippen LogP) is 2.46. The van der Waals surface area contributed by atoms with Gasteiger partial charge in [-0.1, -0.05) is 11.6 Å². The molecule has 1 N–H and O–H groups in total. The zero-order valence-electron chi connectivity index (χ0n) is 13.5. The summed E-state index contributed by atoms with van der Waals surface area (Å²) in [5.74, 6) is -0.601. The van der Waals surface area contributed by atoms with Crippen LogP contribution in [0.3, 0.4) is 0 Å². The number of carboxylic acids is 1. The van der Waals surface area contributed by atoms with Crippen LogP contribution < -0.4 is 0 Å². The third-order valence-corrected chi connectivity index (χ3v) is 5.47. The highest BCUT2D eigenvalue weighted by atomic mass is 16.5. The first kappa shape index (κ1) is 15.5. The van der Waals surface area contributed by atoms with E-state index in [-0.39, 0.29) is 11.0 Å². The summed E-state index contributed by atoms with van der Waals surface area (Å²) in [6.45, 7) is 4.95. The van der Waals surface area contributed by atoms with Gasteiger partial charge in [0.1, 0.15) is 17.0 Å². The van der Waals surface area contributed by atoms with E-state index in [1.54, 1.807) is 6.92 Å². The van der Waals surface area contributed by atoms with E-state index in [4.69, 9.17) is 9.26 Å². The van der Waals surface area contributed by atoms with Crippen molar-refractivity contribution >= 4 is 5.97 Å². The van der Waals surface area contributed by atoms with E-state index in [0.29, 0.717) is 30.1 Å². The summed E-state index contributed by atoms with van der Waals surface area (Å²) < 4.78 is 10.9. The molecule has 2 atom stereocenters. The van der Waals surface area contributed by atoms with Gasteiger partial charge in [0.05, 0.1) is 6.10 Å². The van der Waals surface area contributed by atoms with E-state index in [2.05, 4.69) is 10.1 Å². The monoisotopic (exact) mass is 308 g/mol. The Hall–Kier alpha value is -1.40. The molecule has 1 aromatic rings. The molecule has 1 spiro atoms. The number of nitrogens with zero attached hydrogens (tertiary/aromatic N) is 2. The topological polar surface area (TPSA) is 75.8 Å². The van der Waals surface area contributed by atoms with E-state index < -0.39 is 5.97 Å². The predicted molar refractivity (Wildman–Crippen MR) is 79.8 cm³/mol. The van der Waals surface area contributed by atoms with Gasteiger partial charge in [0.25, 0.3) is 0 Å². The average Bonchev–Trinajstić information content (AvgIpc) is 2.73. The van der Waals surface area contributed by atoms with E-state index in [1.807, 2.05) is 14.0 Å². The first-order valence-corrected chi connectivity index (χ1v) is 8.00. The molecule has 2 aliphatic carbocycles. The number of carboxylic acid groups (broad SMARTS) is 1. The summed E-state index contributed by atoms with van der Waals surface area (Å²) in [6, 6.07) is 0.441. The summed E-state index contributed by atoms with van der Waals surface area (Å²) in [7, 11) is 2.04. The number of rotatable bonds is 6. The Kier molecular flexibility index (Phi) is 3.99. The Morgan fingerprint density at radius 2 is 2.27 bits per heavy atom. The van der Waals surface area contributed by atoms with Crippen molar-refractivity contribution in [2.24, 2.45) is 5.41 Å². The first-order valence-electron chi connectivity index (χ1n) is 8.00. The minimum absolute atomic E-state index is 0.204. The van der Waals surface area contributed by atoms with E-state index >= 15 is 0 Å². The number of carbonyl (C=O) groups is 1. The summed E-state index contributed by atoms with van der Waals surface area (Å²) in [5, 5.41) is 13.2. The van der Waals surface area contributed by atoms with Crippen LogP contribution in [0.2, 0.25) is 0 Å². The zero-order valence-corrected chi connectivity index (χ0v) is 13.5. The number of aromatic nitrogens is 1.